The molecule has 0 radical (unpaired) electrons. The summed E-state index contributed by atoms with van der Waals surface area (Å²) in [7, 11) is -4.46. The van der Waals surface area contributed by atoms with Crippen molar-refractivity contribution in [1.29, 1.82) is 0 Å². The van der Waals surface area contributed by atoms with Gasteiger partial charge in [-0.15, -0.1) is 6.58 Å². The number of sulfonamides is 1. The lowest BCUT2D eigenvalue weighted by molar-refractivity contribution is -0.141. The standard InChI is InChI=1S/C40H49FN6O10S/c1-2-26-21-40(26)37(50)45-58(53,54)34-16-6-5-14-31(34)42-17-19-55-18-8-7-15-32(43-38(51)56-27-11-3-4-12-27)36(49)47-23-28(20-33(47)35(48)44-40)57-39(52)46-22-25-10-9-13-30(41)29(25)24-46/h2,5-6,9-10,13-14,16,26-28,32-33,42H,1,3-4,7-8,11-12,15,17-24H2,(H,43,51)(H,44,48)(H,45,50)/t26-,28-,32+,33+,40-/m1/s1. The van der Waals surface area contributed by atoms with Crippen LogP contribution in [0.15, 0.2) is 60.0 Å². The first-order valence-corrected chi connectivity index (χ1v) is 21.3. The lowest BCUT2D eigenvalue weighted by atomic mass is 10.1. The fourth-order valence-corrected chi connectivity index (χ4v) is 9.48. The highest BCUT2D eigenvalue weighted by Gasteiger charge is 2.61. The molecule has 5 atom stereocenters. The fourth-order valence-electron chi connectivity index (χ4n) is 8.26. The average molecular weight is 825 g/mol. The van der Waals surface area contributed by atoms with Gasteiger partial charge in [-0.25, -0.2) is 27.1 Å². The minimum Gasteiger partial charge on any atom is -0.446 e. The molecule has 0 aromatic heterocycles. The van der Waals surface area contributed by atoms with Gasteiger partial charge in [0.1, 0.15) is 40.5 Å². The van der Waals surface area contributed by atoms with Gasteiger partial charge in [0.05, 0.1) is 25.4 Å². The molecule has 5 aliphatic rings. The van der Waals surface area contributed by atoms with Crippen LogP contribution >= 0.6 is 0 Å². The van der Waals surface area contributed by atoms with Gasteiger partial charge in [0.15, 0.2) is 0 Å². The molecule has 3 fully saturated rings. The maximum atomic E-state index is 14.5. The van der Waals surface area contributed by atoms with Crippen molar-refractivity contribution in [3.8, 4) is 0 Å². The number of halogens is 1. The SMILES string of the molecule is C=C[C@@H]1C[C@@]12NC(=O)[C@@H]1C[C@@H](OC(=O)N3Cc4cccc(F)c4C3)CN1C(=O)[C@@H](NC(=O)OC1CCCC1)CCCCOCCNc1ccccc1S(=O)(=O)NC2=O. The Kier molecular flexibility index (Phi) is 12.2. The second-order valence-electron chi connectivity index (χ2n) is 15.5. The highest BCUT2D eigenvalue weighted by atomic mass is 32.2. The molecule has 3 heterocycles. The van der Waals surface area contributed by atoms with Gasteiger partial charge in [-0.3, -0.25) is 19.3 Å². The van der Waals surface area contributed by atoms with E-state index in [4.69, 9.17) is 14.2 Å². The Hall–Kier alpha value is -5.23. The summed E-state index contributed by atoms with van der Waals surface area (Å²) in [6, 6.07) is 8.22. The lowest BCUT2D eigenvalue weighted by Gasteiger charge is -2.30. The maximum absolute atomic E-state index is 14.5. The molecule has 1 saturated heterocycles. The number of nitrogens with one attached hydrogen (secondary N) is 4. The van der Waals surface area contributed by atoms with Crippen LogP contribution in [0.5, 0.6) is 0 Å². The van der Waals surface area contributed by atoms with Gasteiger partial charge in [0, 0.05) is 37.6 Å². The molecular formula is C40H49FN6O10S. The number of hydrogen-bond donors (Lipinski definition) is 4. The van der Waals surface area contributed by atoms with E-state index in [1.165, 1.54) is 34.1 Å². The summed E-state index contributed by atoms with van der Waals surface area (Å²) in [5, 5.41) is 8.48. The average Bonchev–Trinajstić information content (AvgIpc) is 3.59. The third kappa shape index (κ3) is 8.92. The highest BCUT2D eigenvalue weighted by Crippen LogP contribution is 2.45. The van der Waals surface area contributed by atoms with Crippen LogP contribution < -0.4 is 20.7 Å². The smallest absolute Gasteiger partial charge is 0.410 e. The molecule has 7 rings (SSSR count). The Balaban J connectivity index is 1.16. The number of nitrogens with zero attached hydrogens (tertiary/aromatic N) is 2. The van der Waals surface area contributed by atoms with E-state index < -0.39 is 75.4 Å². The topological polar surface area (TPSA) is 202 Å². The third-order valence-electron chi connectivity index (χ3n) is 11.5. The van der Waals surface area contributed by atoms with Crippen molar-refractivity contribution in [2.45, 2.75) is 106 Å². The molecule has 18 heteroatoms. The molecular weight excluding hydrogens is 776 g/mol. The quantitative estimate of drug-likeness (QED) is 0.329. The van der Waals surface area contributed by atoms with Crippen LogP contribution in [0.2, 0.25) is 0 Å². The van der Waals surface area contributed by atoms with Gasteiger partial charge >= 0.3 is 12.2 Å². The van der Waals surface area contributed by atoms with Crippen molar-refractivity contribution < 1.29 is 51.0 Å². The number of fused-ring (bicyclic) bond motifs is 3. The monoisotopic (exact) mass is 824 g/mol. The molecule has 2 aromatic rings. The number of anilines is 1. The molecule has 1 spiro atoms. The molecule has 312 valence electrons. The summed E-state index contributed by atoms with van der Waals surface area (Å²) in [5.74, 6) is -3.52. The molecule has 4 N–H and O–H groups in total. The number of rotatable bonds is 4. The minimum absolute atomic E-state index is 0.0248. The van der Waals surface area contributed by atoms with E-state index in [0.717, 1.165) is 12.8 Å². The van der Waals surface area contributed by atoms with Crippen LogP contribution in [0.25, 0.3) is 0 Å². The van der Waals surface area contributed by atoms with Crippen LogP contribution in [0.3, 0.4) is 0 Å². The molecule has 0 bridgehead atoms. The lowest BCUT2D eigenvalue weighted by Crippen LogP contribution is -2.58. The van der Waals surface area contributed by atoms with E-state index in [1.54, 1.807) is 24.3 Å². The molecule has 2 aromatic carbocycles. The Morgan fingerprint density at radius 3 is 2.50 bits per heavy atom. The summed E-state index contributed by atoms with van der Waals surface area (Å²) < 4.78 is 61.2. The van der Waals surface area contributed by atoms with Crippen LogP contribution in [0.4, 0.5) is 19.7 Å². The first-order chi connectivity index (χ1) is 27.9. The van der Waals surface area contributed by atoms with E-state index in [0.29, 0.717) is 43.4 Å². The van der Waals surface area contributed by atoms with E-state index in [1.807, 2.05) is 0 Å². The van der Waals surface area contributed by atoms with E-state index in [2.05, 4.69) is 27.3 Å². The van der Waals surface area contributed by atoms with E-state index in [9.17, 15) is 36.8 Å². The van der Waals surface area contributed by atoms with Crippen LogP contribution in [0, 0.1) is 11.7 Å². The Labute approximate surface area is 336 Å². The summed E-state index contributed by atoms with van der Waals surface area (Å²) in [6.07, 6.45) is 2.84. The van der Waals surface area contributed by atoms with Crippen molar-refractivity contribution in [2.75, 3.05) is 31.6 Å². The van der Waals surface area contributed by atoms with Crippen molar-refractivity contribution >= 4 is 45.6 Å². The normalized spacial score (nSPS) is 27.9. The Morgan fingerprint density at radius 2 is 1.74 bits per heavy atom. The van der Waals surface area contributed by atoms with Crippen LogP contribution in [-0.4, -0.2) is 104 Å². The number of para-hydroxylation sites is 1. The van der Waals surface area contributed by atoms with E-state index in [-0.39, 0.29) is 68.7 Å². The number of ether oxygens (including phenoxy) is 3. The van der Waals surface area contributed by atoms with Crippen LogP contribution in [0.1, 0.15) is 68.9 Å². The molecule has 5 amide bonds. The number of carbonyl (C=O) groups is 5. The zero-order chi connectivity index (χ0) is 41.0. The van der Waals surface area contributed by atoms with Crippen molar-refractivity contribution in [2.24, 2.45) is 5.92 Å². The number of hydrogen-bond acceptors (Lipinski definition) is 11. The highest BCUT2D eigenvalue weighted by molar-refractivity contribution is 7.90. The zero-order valence-corrected chi connectivity index (χ0v) is 32.9. The summed E-state index contributed by atoms with van der Waals surface area (Å²) in [4.78, 5) is 71.8. The number of amides is 5. The number of alkyl carbamates (subject to hydrolysis) is 1. The van der Waals surface area contributed by atoms with Gasteiger partial charge < -0.3 is 35.1 Å². The summed E-state index contributed by atoms with van der Waals surface area (Å²) >= 11 is 0. The zero-order valence-electron chi connectivity index (χ0n) is 32.1. The maximum Gasteiger partial charge on any atom is 0.410 e. The van der Waals surface area contributed by atoms with Crippen molar-refractivity contribution in [1.82, 2.24) is 25.2 Å². The number of carbonyl (C=O) groups excluding carboxylic acids is 5. The summed E-state index contributed by atoms with van der Waals surface area (Å²) in [5.41, 5.74) is -0.469. The predicted octanol–water partition coefficient (Wildman–Crippen LogP) is 3.46. The van der Waals surface area contributed by atoms with Gasteiger partial charge in [-0.2, -0.15) is 0 Å². The molecule has 2 aliphatic carbocycles. The first-order valence-electron chi connectivity index (χ1n) is 19.8. The first kappa shape index (κ1) is 40.9. The van der Waals surface area contributed by atoms with Gasteiger partial charge in [-0.1, -0.05) is 30.3 Å². The largest absolute Gasteiger partial charge is 0.446 e. The predicted molar refractivity (Wildman–Crippen MR) is 206 cm³/mol. The summed E-state index contributed by atoms with van der Waals surface area (Å²) in [6.45, 7) is 4.38. The minimum atomic E-state index is -4.46. The molecule has 3 aliphatic heterocycles. The van der Waals surface area contributed by atoms with Gasteiger partial charge in [0.25, 0.3) is 15.9 Å². The van der Waals surface area contributed by atoms with Crippen molar-refractivity contribution in [3.05, 3.63) is 72.1 Å². The second kappa shape index (κ2) is 17.3. The van der Waals surface area contributed by atoms with Crippen LogP contribution in [-0.2, 0) is 51.7 Å². The van der Waals surface area contributed by atoms with Gasteiger partial charge in [-0.05, 0) is 75.1 Å². The second-order valence-corrected chi connectivity index (χ2v) is 17.1. The molecule has 2 saturated carbocycles. The molecule has 16 nitrogen and oxygen atoms in total. The Bertz CT molecular complexity index is 2050. The third-order valence-corrected chi connectivity index (χ3v) is 12.9. The fraction of sp³-hybridized carbons (Fsp3) is 0.525. The van der Waals surface area contributed by atoms with Crippen molar-refractivity contribution in [3.63, 3.8) is 0 Å². The number of benzene rings is 2. The van der Waals surface area contributed by atoms with Gasteiger partial charge in [0.2, 0.25) is 11.8 Å². The van der Waals surface area contributed by atoms with E-state index >= 15 is 0 Å². The molecule has 58 heavy (non-hydrogen) atoms. The Morgan fingerprint density at radius 1 is 0.966 bits per heavy atom. The molecule has 0 unspecified atom stereocenters.